The number of aliphatic carboxylic acids is 2. The van der Waals surface area contributed by atoms with E-state index in [1.54, 1.807) is 41.5 Å². The van der Waals surface area contributed by atoms with Crippen molar-refractivity contribution in [3.8, 4) is 0 Å². The SMILES string of the molecule is CC(C)(C)OC(=O)NC(CN)C(=O)O.CC(C)(C)OC(=O)N[C@@H](CNc1ncnc(Cl)c1N)C(=O)O.CCN(CC)CC.Nc1c(Cl)ncnc1Cl. The van der Waals surface area contributed by atoms with Gasteiger partial charge < -0.3 is 57.7 Å². The lowest BCUT2D eigenvalue weighted by molar-refractivity contribution is -0.140. The standard InChI is InChI=1S/C12H18ClN5O4.C8H16N2O4.C6H15N.C4H3Cl2N3/c1-12(2,3)22-11(21)18-6(10(19)20)4-15-9-7(14)8(13)16-5-17-9;1-8(2,3)14-7(13)10-5(4-9)6(11)12;1-4-7(5-2)6-3;5-3-2(7)4(6)9-1-8-3/h5-6H,4,14H2,1-3H3,(H,18,21)(H,19,20)(H,15,16,17);5H,4,9H2,1-3H3,(H,10,13)(H,11,12);4-6H2,1-3H3;1H,7H2/t6-;;;/m0.../s1. The van der Waals surface area contributed by atoms with Gasteiger partial charge in [-0.25, -0.2) is 39.1 Å². The number of anilines is 3. The van der Waals surface area contributed by atoms with Crippen molar-refractivity contribution in [2.75, 3.05) is 49.5 Å². The first-order valence-corrected chi connectivity index (χ1v) is 16.8. The van der Waals surface area contributed by atoms with Crippen LogP contribution in [0.2, 0.25) is 15.5 Å². The minimum absolute atomic E-state index is 0.0458. The van der Waals surface area contributed by atoms with Crippen LogP contribution >= 0.6 is 34.8 Å². The maximum atomic E-state index is 11.6. The average molecular weight is 801 g/mol. The fraction of sp³-hybridized carbons (Fsp3) is 0.600. The molecule has 0 aliphatic heterocycles. The van der Waals surface area contributed by atoms with Crippen LogP contribution in [0, 0.1) is 0 Å². The number of ether oxygens (including phenoxy) is 2. The van der Waals surface area contributed by atoms with Crippen LogP contribution in [-0.4, -0.2) is 115 Å². The Bertz CT molecular complexity index is 1380. The lowest BCUT2D eigenvalue weighted by Gasteiger charge is -2.22. The van der Waals surface area contributed by atoms with Crippen LogP contribution in [-0.2, 0) is 19.1 Å². The number of carboxylic acids is 2. The highest BCUT2D eigenvalue weighted by Gasteiger charge is 2.25. The molecule has 2 atom stereocenters. The number of aromatic nitrogens is 4. The number of rotatable bonds is 11. The summed E-state index contributed by atoms with van der Waals surface area (Å²) in [6, 6.07) is -2.34. The summed E-state index contributed by atoms with van der Waals surface area (Å²) in [5.74, 6) is -2.24. The van der Waals surface area contributed by atoms with Gasteiger partial charge in [0.1, 0.15) is 47.3 Å². The average Bonchev–Trinajstić information content (AvgIpc) is 3.02. The molecule has 0 saturated carbocycles. The van der Waals surface area contributed by atoms with Gasteiger partial charge in [-0.05, 0) is 61.2 Å². The molecule has 0 spiro atoms. The molecule has 2 heterocycles. The predicted octanol–water partition coefficient (Wildman–Crippen LogP) is 3.74. The normalized spacial score (nSPS) is 11.8. The lowest BCUT2D eigenvalue weighted by atomic mass is 10.2. The Kier molecular flexibility index (Phi) is 23.9. The number of carbonyl (C=O) groups is 4. The first kappa shape index (κ1) is 49.9. The molecule has 0 fully saturated rings. The number of halogens is 3. The zero-order valence-electron chi connectivity index (χ0n) is 30.8. The van der Waals surface area contributed by atoms with Crippen molar-refractivity contribution in [1.29, 1.82) is 0 Å². The van der Waals surface area contributed by atoms with Gasteiger partial charge in [0.15, 0.2) is 21.3 Å². The van der Waals surface area contributed by atoms with Gasteiger partial charge in [0.25, 0.3) is 0 Å². The van der Waals surface area contributed by atoms with E-state index in [1.165, 1.54) is 32.3 Å². The highest BCUT2D eigenvalue weighted by Crippen LogP contribution is 2.22. The Morgan fingerprint density at radius 2 is 1.10 bits per heavy atom. The third-order valence-electron chi connectivity index (χ3n) is 5.65. The zero-order valence-corrected chi connectivity index (χ0v) is 33.1. The Morgan fingerprint density at radius 1 is 0.731 bits per heavy atom. The smallest absolute Gasteiger partial charge is 0.408 e. The molecule has 19 nitrogen and oxygen atoms in total. The fourth-order valence-corrected chi connectivity index (χ4v) is 3.51. The largest absolute Gasteiger partial charge is 0.480 e. The summed E-state index contributed by atoms with van der Waals surface area (Å²) in [6.07, 6.45) is 0.810. The van der Waals surface area contributed by atoms with Gasteiger partial charge in [-0.2, -0.15) is 0 Å². The maximum absolute atomic E-state index is 11.6. The van der Waals surface area contributed by atoms with Crippen LogP contribution in [0.4, 0.5) is 26.8 Å². The van der Waals surface area contributed by atoms with Gasteiger partial charge in [0, 0.05) is 13.1 Å². The van der Waals surface area contributed by atoms with E-state index in [0.29, 0.717) is 0 Å². The van der Waals surface area contributed by atoms with Crippen LogP contribution < -0.4 is 33.2 Å². The number of amides is 2. The number of nitrogen functional groups attached to an aromatic ring is 2. The van der Waals surface area contributed by atoms with Gasteiger partial charge in [-0.1, -0.05) is 55.6 Å². The second kappa shape index (κ2) is 24.9. The molecule has 1 unspecified atom stereocenters. The van der Waals surface area contributed by atoms with Gasteiger partial charge in [-0.3, -0.25) is 0 Å². The van der Waals surface area contributed by atoms with Crippen LogP contribution in [0.1, 0.15) is 62.3 Å². The van der Waals surface area contributed by atoms with E-state index in [4.69, 9.17) is 71.7 Å². The zero-order chi connectivity index (χ0) is 40.8. The number of carboxylic acid groups (broad SMARTS) is 2. The summed E-state index contributed by atoms with van der Waals surface area (Å²) in [5.41, 5.74) is 15.0. The highest BCUT2D eigenvalue weighted by molar-refractivity contribution is 6.37. The molecule has 0 radical (unpaired) electrons. The number of nitrogens with one attached hydrogen (secondary N) is 3. The van der Waals surface area contributed by atoms with Crippen molar-refractivity contribution in [2.24, 2.45) is 5.73 Å². The summed E-state index contributed by atoms with van der Waals surface area (Å²) in [6.45, 7) is 19.9. The molecule has 52 heavy (non-hydrogen) atoms. The first-order chi connectivity index (χ1) is 23.9. The van der Waals surface area contributed by atoms with Crippen LogP contribution in [0.25, 0.3) is 0 Å². The van der Waals surface area contributed by atoms with Crippen LogP contribution in [0.5, 0.6) is 0 Å². The number of nitrogens with two attached hydrogens (primary N) is 3. The number of nitrogens with zero attached hydrogens (tertiary/aromatic N) is 5. The molecule has 2 rings (SSSR count). The molecular formula is C30H52Cl3N11O8. The molecule has 2 aromatic rings. The summed E-state index contributed by atoms with van der Waals surface area (Å²) in [4.78, 5) is 61.4. The van der Waals surface area contributed by atoms with Gasteiger partial charge in [-0.15, -0.1) is 0 Å². The van der Waals surface area contributed by atoms with E-state index in [1.807, 2.05) is 0 Å². The monoisotopic (exact) mass is 799 g/mol. The molecule has 0 bridgehead atoms. The fourth-order valence-electron chi connectivity index (χ4n) is 3.06. The van der Waals surface area contributed by atoms with Crippen molar-refractivity contribution in [1.82, 2.24) is 35.5 Å². The number of carbonyl (C=O) groups excluding carboxylic acids is 2. The van der Waals surface area contributed by atoms with Gasteiger partial charge >= 0.3 is 24.1 Å². The van der Waals surface area contributed by atoms with Crippen molar-refractivity contribution >= 4 is 76.1 Å². The van der Waals surface area contributed by atoms with Crippen LogP contribution in [0.3, 0.4) is 0 Å². The molecule has 0 saturated heterocycles. The minimum Gasteiger partial charge on any atom is -0.480 e. The molecule has 0 aromatic carbocycles. The Hall–Kier alpha value is -4.17. The third kappa shape index (κ3) is 23.3. The molecular weight excluding hydrogens is 749 g/mol. The molecule has 22 heteroatoms. The minimum atomic E-state index is -1.24. The molecule has 2 amide bonds. The van der Waals surface area contributed by atoms with Crippen molar-refractivity contribution in [3.05, 3.63) is 28.1 Å². The van der Waals surface area contributed by atoms with Crippen molar-refractivity contribution in [2.45, 2.75) is 85.6 Å². The number of hydrogen-bond donors (Lipinski definition) is 8. The topological polar surface area (TPSA) is 296 Å². The van der Waals surface area contributed by atoms with E-state index in [-0.39, 0.29) is 45.7 Å². The second-order valence-electron chi connectivity index (χ2n) is 12.1. The van der Waals surface area contributed by atoms with Crippen molar-refractivity contribution in [3.63, 3.8) is 0 Å². The summed E-state index contributed by atoms with van der Waals surface area (Å²) in [5, 5.41) is 25.2. The highest BCUT2D eigenvalue weighted by atomic mass is 35.5. The predicted molar refractivity (Wildman–Crippen MR) is 201 cm³/mol. The maximum Gasteiger partial charge on any atom is 0.408 e. The Labute approximate surface area is 318 Å². The quantitative estimate of drug-likeness (QED) is 0.150. The molecule has 11 N–H and O–H groups in total. The molecule has 0 aliphatic carbocycles. The first-order valence-electron chi connectivity index (χ1n) is 15.7. The van der Waals surface area contributed by atoms with E-state index in [2.05, 4.69) is 61.6 Å². The van der Waals surface area contributed by atoms with E-state index in [9.17, 15) is 19.2 Å². The third-order valence-corrected chi connectivity index (χ3v) is 6.55. The number of hydrogen-bond acceptors (Lipinski definition) is 15. The van der Waals surface area contributed by atoms with E-state index >= 15 is 0 Å². The molecule has 2 aromatic heterocycles. The summed E-state index contributed by atoms with van der Waals surface area (Å²) < 4.78 is 9.85. The summed E-state index contributed by atoms with van der Waals surface area (Å²) >= 11 is 16.6. The van der Waals surface area contributed by atoms with Crippen LogP contribution in [0.15, 0.2) is 12.7 Å². The van der Waals surface area contributed by atoms with E-state index < -0.39 is 47.4 Å². The summed E-state index contributed by atoms with van der Waals surface area (Å²) in [7, 11) is 0. The van der Waals surface area contributed by atoms with Gasteiger partial charge in [0.2, 0.25) is 0 Å². The number of alkyl carbamates (subject to hydrolysis) is 2. The van der Waals surface area contributed by atoms with E-state index in [0.717, 1.165) is 0 Å². The Morgan fingerprint density at radius 3 is 1.40 bits per heavy atom. The Balaban J connectivity index is 0. The van der Waals surface area contributed by atoms with Crippen molar-refractivity contribution < 1.29 is 38.9 Å². The molecule has 0 aliphatic rings. The second-order valence-corrected chi connectivity index (χ2v) is 13.2. The molecule has 296 valence electrons. The lowest BCUT2D eigenvalue weighted by Crippen LogP contribution is -2.47. The van der Waals surface area contributed by atoms with Gasteiger partial charge in [0.05, 0.1) is 0 Å².